The van der Waals surface area contributed by atoms with Crippen molar-refractivity contribution in [2.75, 3.05) is 11.9 Å². The summed E-state index contributed by atoms with van der Waals surface area (Å²) in [5.74, 6) is 5.70. The Morgan fingerprint density at radius 3 is 2.67 bits per heavy atom. The van der Waals surface area contributed by atoms with Crippen LogP contribution in [0.4, 0.5) is 5.69 Å². The Labute approximate surface area is 198 Å². The van der Waals surface area contributed by atoms with E-state index in [2.05, 4.69) is 18.3 Å². The highest BCUT2D eigenvalue weighted by atomic mass is 16.3. The number of fused-ring (bicyclic) bond motifs is 7. The third kappa shape index (κ3) is 3.37. The number of rotatable bonds is 4. The predicted molar refractivity (Wildman–Crippen MR) is 128 cm³/mol. The van der Waals surface area contributed by atoms with E-state index < -0.39 is 5.60 Å². The van der Waals surface area contributed by atoms with Crippen molar-refractivity contribution >= 4 is 11.5 Å². The minimum Gasteiger partial charge on any atom is -0.390 e. The number of hydrogen-bond acceptors (Lipinski definition) is 4. The Balaban J connectivity index is 1.19. The number of carbonyl (C=O) groups is 1. The molecule has 6 rings (SSSR count). The molecule has 10 atom stereocenters. The van der Waals surface area contributed by atoms with E-state index in [-0.39, 0.29) is 11.3 Å². The molecule has 1 aromatic carbocycles. The number of ketones is 1. The second-order valence-electron chi connectivity index (χ2n) is 12.7. The Morgan fingerprint density at radius 2 is 1.85 bits per heavy atom. The van der Waals surface area contributed by atoms with E-state index in [0.717, 1.165) is 42.2 Å². The molecule has 4 nitrogen and oxygen atoms in total. The number of nitriles is 1. The molecule has 0 aromatic heterocycles. The fourth-order valence-electron chi connectivity index (χ4n) is 9.68. The first-order valence-electron chi connectivity index (χ1n) is 13.3. The van der Waals surface area contributed by atoms with Gasteiger partial charge in [-0.15, -0.1) is 0 Å². The lowest BCUT2D eigenvalue weighted by atomic mass is 9.48. The molecular weight excluding hydrogens is 408 g/mol. The first-order chi connectivity index (χ1) is 15.8. The summed E-state index contributed by atoms with van der Waals surface area (Å²) in [4.78, 5) is 13.6. The van der Waals surface area contributed by atoms with Crippen LogP contribution in [0.3, 0.4) is 0 Å². The summed E-state index contributed by atoms with van der Waals surface area (Å²) >= 11 is 0. The van der Waals surface area contributed by atoms with Crippen molar-refractivity contribution in [1.29, 1.82) is 5.26 Å². The fraction of sp³-hybridized carbons (Fsp3) is 0.724. The lowest BCUT2D eigenvalue weighted by Crippen LogP contribution is -2.52. The molecule has 2 N–H and O–H groups in total. The van der Waals surface area contributed by atoms with E-state index in [9.17, 15) is 15.2 Å². The Bertz CT molecular complexity index is 996. The standard InChI is InChI=1S/C29H38N2O2/c1-28(33)11-9-19-17(14-28)7-8-21-20(19)10-12-29(2)26(21)22-13-23(22)27(29)25(32)16-31-24-6-4-3-5-18(24)15-30/h3-6,17,19-23,26-27,31,33H,7-14,16H2,1-2H3/t17-,19+,20-,21-,22-,23+,26-,27-,28-,29+/m1/s1. The maximum Gasteiger partial charge on any atom is 0.155 e. The zero-order chi connectivity index (χ0) is 23.0. The van der Waals surface area contributed by atoms with Gasteiger partial charge in [0.15, 0.2) is 5.78 Å². The maximum atomic E-state index is 13.6. The Hall–Kier alpha value is -1.86. The van der Waals surface area contributed by atoms with Crippen molar-refractivity contribution in [3.8, 4) is 6.07 Å². The average Bonchev–Trinajstić information content (AvgIpc) is 3.50. The number of nitrogens with zero attached hydrogens (tertiary/aromatic N) is 1. The van der Waals surface area contributed by atoms with Crippen LogP contribution in [0.1, 0.15) is 70.8 Å². The third-order valence-electron chi connectivity index (χ3n) is 10.9. The number of para-hydroxylation sites is 1. The van der Waals surface area contributed by atoms with Crippen LogP contribution in [-0.4, -0.2) is 23.0 Å². The van der Waals surface area contributed by atoms with Crippen LogP contribution in [-0.2, 0) is 4.79 Å². The second-order valence-corrected chi connectivity index (χ2v) is 12.7. The van der Waals surface area contributed by atoms with Gasteiger partial charge in [0.1, 0.15) is 6.07 Å². The van der Waals surface area contributed by atoms with E-state index >= 15 is 0 Å². The molecule has 5 fully saturated rings. The van der Waals surface area contributed by atoms with Crippen LogP contribution in [0.25, 0.3) is 0 Å². The van der Waals surface area contributed by atoms with E-state index in [1.54, 1.807) is 6.07 Å². The van der Waals surface area contributed by atoms with E-state index in [4.69, 9.17) is 0 Å². The van der Waals surface area contributed by atoms with Gasteiger partial charge in [-0.05, 0) is 117 Å². The van der Waals surface area contributed by atoms with E-state index in [1.165, 1.54) is 38.5 Å². The molecule has 0 spiro atoms. The molecule has 0 amide bonds. The molecule has 0 radical (unpaired) electrons. The third-order valence-corrected chi connectivity index (χ3v) is 10.9. The summed E-state index contributed by atoms with van der Waals surface area (Å²) < 4.78 is 0. The highest BCUT2D eigenvalue weighted by Crippen LogP contribution is 2.74. The van der Waals surface area contributed by atoms with Crippen LogP contribution in [0, 0.1) is 64.1 Å². The Kier molecular flexibility index (Phi) is 4.97. The molecular formula is C29H38N2O2. The summed E-state index contributed by atoms with van der Waals surface area (Å²) in [6, 6.07) is 9.71. The molecule has 5 saturated carbocycles. The molecule has 5 aliphatic rings. The topological polar surface area (TPSA) is 73.1 Å². The lowest BCUT2D eigenvalue weighted by Gasteiger charge is -2.57. The first-order valence-corrected chi connectivity index (χ1v) is 13.3. The summed E-state index contributed by atoms with van der Waals surface area (Å²) in [5.41, 5.74) is 1.07. The molecule has 0 aliphatic heterocycles. The highest BCUT2D eigenvalue weighted by Gasteiger charge is 2.70. The van der Waals surface area contributed by atoms with Gasteiger partial charge in [0.25, 0.3) is 0 Å². The smallest absolute Gasteiger partial charge is 0.155 e. The summed E-state index contributed by atoms with van der Waals surface area (Å²) in [6.07, 6.45) is 9.44. The zero-order valence-electron chi connectivity index (χ0n) is 20.1. The molecule has 176 valence electrons. The molecule has 0 heterocycles. The van der Waals surface area contributed by atoms with Crippen molar-refractivity contribution in [2.45, 2.75) is 70.8 Å². The number of aliphatic hydroxyl groups is 1. The number of Topliss-reactive ketones (excluding diaryl/α,β-unsaturated/α-hetero) is 1. The van der Waals surface area contributed by atoms with Crippen molar-refractivity contribution in [3.05, 3.63) is 29.8 Å². The van der Waals surface area contributed by atoms with E-state index in [1.807, 2.05) is 25.1 Å². The van der Waals surface area contributed by atoms with Crippen LogP contribution >= 0.6 is 0 Å². The zero-order valence-corrected chi connectivity index (χ0v) is 20.1. The second kappa shape index (κ2) is 7.57. The molecule has 0 saturated heterocycles. The first kappa shape index (κ1) is 21.7. The SMILES string of the molecule is C[C@@]1(O)CC[C@H]2[C@H](CC[C@@H]3[C@@H]2CC[C@@]2(C)[C@H]3[C@@H]3C[C@@H]3[C@@H]2C(=O)CNc2ccccc2C#N)C1. The molecule has 0 bridgehead atoms. The van der Waals surface area contributed by atoms with Crippen molar-refractivity contribution in [1.82, 2.24) is 0 Å². The van der Waals surface area contributed by atoms with Crippen molar-refractivity contribution in [2.24, 2.45) is 52.8 Å². The van der Waals surface area contributed by atoms with Crippen molar-refractivity contribution < 1.29 is 9.90 Å². The minimum atomic E-state index is -0.458. The van der Waals surface area contributed by atoms with Gasteiger partial charge < -0.3 is 10.4 Å². The van der Waals surface area contributed by atoms with Crippen molar-refractivity contribution in [3.63, 3.8) is 0 Å². The quantitative estimate of drug-likeness (QED) is 0.648. The van der Waals surface area contributed by atoms with Gasteiger partial charge in [-0.3, -0.25) is 4.79 Å². The van der Waals surface area contributed by atoms with Crippen LogP contribution < -0.4 is 5.32 Å². The summed E-state index contributed by atoms with van der Waals surface area (Å²) in [7, 11) is 0. The minimum absolute atomic E-state index is 0.148. The molecule has 5 aliphatic carbocycles. The Morgan fingerprint density at radius 1 is 1.06 bits per heavy atom. The van der Waals surface area contributed by atoms with E-state index in [0.29, 0.717) is 35.6 Å². The molecule has 33 heavy (non-hydrogen) atoms. The maximum absolute atomic E-state index is 13.6. The van der Waals surface area contributed by atoms with Crippen LogP contribution in [0.5, 0.6) is 0 Å². The number of carbonyl (C=O) groups excluding carboxylic acids is 1. The number of nitrogens with one attached hydrogen (secondary N) is 1. The predicted octanol–water partition coefficient (Wildman–Crippen LogP) is 5.41. The van der Waals surface area contributed by atoms with Gasteiger partial charge in [-0.25, -0.2) is 0 Å². The van der Waals surface area contributed by atoms with Gasteiger partial charge in [-0.2, -0.15) is 5.26 Å². The molecule has 1 aromatic rings. The fourth-order valence-corrected chi connectivity index (χ4v) is 9.68. The summed E-state index contributed by atoms with van der Waals surface area (Å²) in [6.45, 7) is 4.82. The molecule has 4 heteroatoms. The largest absolute Gasteiger partial charge is 0.390 e. The number of anilines is 1. The normalized spacial score (nSPS) is 47.3. The van der Waals surface area contributed by atoms with Gasteiger partial charge in [0, 0.05) is 5.92 Å². The summed E-state index contributed by atoms with van der Waals surface area (Å²) in [5, 5.41) is 23.3. The number of benzene rings is 1. The van der Waals surface area contributed by atoms with Gasteiger partial charge in [0.2, 0.25) is 0 Å². The lowest BCUT2D eigenvalue weighted by molar-refractivity contribution is -0.134. The van der Waals surface area contributed by atoms with Gasteiger partial charge in [-0.1, -0.05) is 19.1 Å². The monoisotopic (exact) mass is 446 g/mol. The van der Waals surface area contributed by atoms with Gasteiger partial charge in [0.05, 0.1) is 23.4 Å². The number of hydrogen-bond donors (Lipinski definition) is 2. The van der Waals surface area contributed by atoms with Crippen LogP contribution in [0.2, 0.25) is 0 Å². The average molecular weight is 447 g/mol. The molecule has 0 unspecified atom stereocenters. The van der Waals surface area contributed by atoms with Gasteiger partial charge >= 0.3 is 0 Å². The highest BCUT2D eigenvalue weighted by molar-refractivity contribution is 5.87. The van der Waals surface area contributed by atoms with Crippen LogP contribution in [0.15, 0.2) is 24.3 Å².